The van der Waals surface area contributed by atoms with Gasteiger partial charge in [0, 0.05) is 25.2 Å². The van der Waals surface area contributed by atoms with Crippen LogP contribution in [0.15, 0.2) is 89.3 Å². The van der Waals surface area contributed by atoms with Gasteiger partial charge in [0.25, 0.3) is 5.91 Å². The van der Waals surface area contributed by atoms with Crippen LogP contribution in [-0.4, -0.2) is 23.9 Å². The molecule has 1 unspecified atom stereocenters. The maximum Gasteiger partial charge on any atom is 0.286 e. The Morgan fingerprint density at radius 1 is 1.06 bits per heavy atom. The molecule has 0 aliphatic carbocycles. The van der Waals surface area contributed by atoms with Gasteiger partial charge in [-0.05, 0) is 60.4 Å². The first-order chi connectivity index (χ1) is 17.6. The van der Waals surface area contributed by atoms with Gasteiger partial charge in [-0.25, -0.2) is 4.39 Å². The summed E-state index contributed by atoms with van der Waals surface area (Å²) >= 11 is 0. The third-order valence-electron chi connectivity index (χ3n) is 6.50. The predicted octanol–water partition coefficient (Wildman–Crippen LogP) is 5.90. The van der Waals surface area contributed by atoms with Crippen LogP contribution in [0.25, 0.3) is 0 Å². The molecule has 1 aliphatic heterocycles. The summed E-state index contributed by atoms with van der Waals surface area (Å²) in [7, 11) is 0. The van der Waals surface area contributed by atoms with E-state index >= 15 is 0 Å². The molecule has 3 aromatic carbocycles. The van der Waals surface area contributed by atoms with Crippen LogP contribution in [0.2, 0.25) is 0 Å². The van der Waals surface area contributed by atoms with Gasteiger partial charge < -0.3 is 14.5 Å². The predicted molar refractivity (Wildman–Crippen MR) is 136 cm³/mol. The van der Waals surface area contributed by atoms with Gasteiger partial charge >= 0.3 is 0 Å². The zero-order valence-corrected chi connectivity index (χ0v) is 20.2. The van der Waals surface area contributed by atoms with E-state index in [0.717, 1.165) is 29.8 Å². The van der Waals surface area contributed by atoms with Crippen LogP contribution < -0.4 is 10.1 Å². The van der Waals surface area contributed by atoms with Gasteiger partial charge in [-0.3, -0.25) is 9.69 Å². The molecular formula is C30H29FN2O3. The molecule has 184 valence electrons. The molecule has 0 radical (unpaired) electrons. The molecule has 5 nitrogen and oxygen atoms in total. The summed E-state index contributed by atoms with van der Waals surface area (Å²) in [6, 6.07) is 26.8. The van der Waals surface area contributed by atoms with E-state index in [1.807, 2.05) is 43.3 Å². The van der Waals surface area contributed by atoms with Gasteiger partial charge in [0.15, 0.2) is 5.76 Å². The second-order valence-electron chi connectivity index (χ2n) is 8.90. The normalized spacial score (nSPS) is 15.3. The van der Waals surface area contributed by atoms with Crippen molar-refractivity contribution in [3.8, 4) is 5.75 Å². The van der Waals surface area contributed by atoms with Crippen molar-refractivity contribution >= 4 is 5.91 Å². The third kappa shape index (κ3) is 5.19. The maximum absolute atomic E-state index is 14.5. The SMILES string of the molecule is CCNC(=O)c1ccc(COc2ccc3c(c2)C(c2ccccc2)N(Cc2ccccc2F)CC3)o1. The molecule has 5 rings (SSSR count). The van der Waals surface area contributed by atoms with Gasteiger partial charge in [-0.2, -0.15) is 0 Å². The molecule has 0 fully saturated rings. The Balaban J connectivity index is 1.40. The Hall–Kier alpha value is -3.90. The Morgan fingerprint density at radius 2 is 1.86 bits per heavy atom. The van der Waals surface area contributed by atoms with Gasteiger partial charge in [0.05, 0.1) is 6.04 Å². The molecule has 1 aliphatic rings. The number of carbonyl (C=O) groups is 1. The quantitative estimate of drug-likeness (QED) is 0.339. The van der Waals surface area contributed by atoms with Gasteiger partial charge in [0.2, 0.25) is 0 Å². The largest absolute Gasteiger partial charge is 0.486 e. The number of benzene rings is 3. The fourth-order valence-corrected chi connectivity index (χ4v) is 4.76. The summed E-state index contributed by atoms with van der Waals surface area (Å²) in [6.45, 7) is 3.97. The molecule has 1 amide bonds. The fourth-order valence-electron chi connectivity index (χ4n) is 4.76. The van der Waals surface area contributed by atoms with Crippen molar-refractivity contribution in [3.05, 3.63) is 125 Å². The Morgan fingerprint density at radius 3 is 2.67 bits per heavy atom. The minimum Gasteiger partial charge on any atom is -0.486 e. The van der Waals surface area contributed by atoms with E-state index in [-0.39, 0.29) is 30.1 Å². The molecule has 4 aromatic rings. The molecular weight excluding hydrogens is 455 g/mol. The number of carbonyl (C=O) groups excluding carboxylic acids is 1. The van der Waals surface area contributed by atoms with Crippen molar-refractivity contribution in [2.45, 2.75) is 32.5 Å². The van der Waals surface area contributed by atoms with E-state index < -0.39 is 0 Å². The number of nitrogens with zero attached hydrogens (tertiary/aromatic N) is 1. The Kier molecular flexibility index (Phi) is 7.14. The second-order valence-corrected chi connectivity index (χ2v) is 8.90. The number of ether oxygens (including phenoxy) is 1. The molecule has 0 saturated heterocycles. The van der Waals surface area contributed by atoms with Crippen LogP contribution in [0, 0.1) is 5.82 Å². The standard InChI is InChI=1S/C30H29FN2O3/c1-2-32-30(34)28-15-14-25(36-28)20-35-24-13-12-21-16-17-33(19-23-10-6-7-11-27(23)31)29(26(21)18-24)22-8-4-3-5-9-22/h3-15,18,29H,2,16-17,19-20H2,1H3,(H,32,34). The van der Waals surface area contributed by atoms with Crippen LogP contribution in [0.1, 0.15) is 51.5 Å². The summed E-state index contributed by atoms with van der Waals surface area (Å²) in [4.78, 5) is 14.3. The smallest absolute Gasteiger partial charge is 0.286 e. The topological polar surface area (TPSA) is 54.7 Å². The van der Waals surface area contributed by atoms with E-state index in [9.17, 15) is 9.18 Å². The monoisotopic (exact) mass is 484 g/mol. The second kappa shape index (κ2) is 10.8. The zero-order chi connectivity index (χ0) is 24.9. The first-order valence-corrected chi connectivity index (χ1v) is 12.3. The highest BCUT2D eigenvalue weighted by Gasteiger charge is 2.29. The van der Waals surface area contributed by atoms with E-state index in [1.54, 1.807) is 18.2 Å². The lowest BCUT2D eigenvalue weighted by molar-refractivity contribution is 0.0924. The molecule has 1 aromatic heterocycles. The first-order valence-electron chi connectivity index (χ1n) is 12.3. The average Bonchev–Trinajstić information content (AvgIpc) is 3.38. The minimum absolute atomic E-state index is 0.0222. The van der Waals surface area contributed by atoms with Crippen LogP contribution in [0.5, 0.6) is 5.75 Å². The van der Waals surface area contributed by atoms with Crippen molar-refractivity contribution in [1.82, 2.24) is 10.2 Å². The molecule has 1 N–H and O–H groups in total. The number of fused-ring (bicyclic) bond motifs is 1. The summed E-state index contributed by atoms with van der Waals surface area (Å²) in [6.07, 6.45) is 0.876. The molecule has 2 heterocycles. The van der Waals surface area contributed by atoms with Crippen molar-refractivity contribution in [2.75, 3.05) is 13.1 Å². The van der Waals surface area contributed by atoms with Crippen molar-refractivity contribution in [3.63, 3.8) is 0 Å². The van der Waals surface area contributed by atoms with Crippen molar-refractivity contribution < 1.29 is 18.3 Å². The summed E-state index contributed by atoms with van der Waals surface area (Å²) in [5.41, 5.74) is 4.26. The number of hydrogen-bond acceptors (Lipinski definition) is 4. The summed E-state index contributed by atoms with van der Waals surface area (Å²) < 4.78 is 26.2. The van der Waals surface area contributed by atoms with Crippen LogP contribution in [0.4, 0.5) is 4.39 Å². The van der Waals surface area contributed by atoms with E-state index in [0.29, 0.717) is 24.4 Å². The van der Waals surface area contributed by atoms with Crippen molar-refractivity contribution in [1.29, 1.82) is 0 Å². The van der Waals surface area contributed by atoms with E-state index in [4.69, 9.17) is 9.15 Å². The number of halogens is 1. The molecule has 0 saturated carbocycles. The third-order valence-corrected chi connectivity index (χ3v) is 6.50. The Bertz CT molecular complexity index is 1340. The van der Waals surface area contributed by atoms with E-state index in [1.165, 1.54) is 11.6 Å². The lowest BCUT2D eigenvalue weighted by Crippen LogP contribution is -2.36. The summed E-state index contributed by atoms with van der Waals surface area (Å²) in [5.74, 6) is 1.15. The number of nitrogens with one attached hydrogen (secondary N) is 1. The molecule has 0 spiro atoms. The summed E-state index contributed by atoms with van der Waals surface area (Å²) in [5, 5.41) is 2.73. The highest BCUT2D eigenvalue weighted by atomic mass is 19.1. The lowest BCUT2D eigenvalue weighted by Gasteiger charge is -2.38. The highest BCUT2D eigenvalue weighted by Crippen LogP contribution is 2.38. The number of rotatable bonds is 8. The number of amides is 1. The van der Waals surface area contributed by atoms with Crippen LogP contribution in [-0.2, 0) is 19.6 Å². The molecule has 1 atom stereocenters. The number of furan rings is 1. The average molecular weight is 485 g/mol. The lowest BCUT2D eigenvalue weighted by atomic mass is 9.87. The van der Waals surface area contributed by atoms with Gasteiger partial charge in [-0.15, -0.1) is 0 Å². The molecule has 36 heavy (non-hydrogen) atoms. The number of hydrogen-bond donors (Lipinski definition) is 1. The highest BCUT2D eigenvalue weighted by molar-refractivity contribution is 5.91. The van der Waals surface area contributed by atoms with Gasteiger partial charge in [0.1, 0.15) is 23.9 Å². The van der Waals surface area contributed by atoms with E-state index in [2.05, 4.69) is 34.5 Å². The maximum atomic E-state index is 14.5. The molecule has 6 heteroatoms. The zero-order valence-electron chi connectivity index (χ0n) is 20.2. The Labute approximate surface area is 210 Å². The van der Waals surface area contributed by atoms with Gasteiger partial charge in [-0.1, -0.05) is 54.6 Å². The van der Waals surface area contributed by atoms with Crippen LogP contribution in [0.3, 0.4) is 0 Å². The fraction of sp³-hybridized carbons (Fsp3) is 0.233. The molecule has 0 bridgehead atoms. The minimum atomic E-state index is -0.238. The van der Waals surface area contributed by atoms with Crippen LogP contribution >= 0.6 is 0 Å². The van der Waals surface area contributed by atoms with Crippen molar-refractivity contribution in [2.24, 2.45) is 0 Å². The first kappa shape index (κ1) is 23.8.